The number of nitrogens with one attached hydrogen (secondary N) is 2. The molecule has 2 amide bonds. The Labute approximate surface area is 241 Å². The van der Waals surface area contributed by atoms with E-state index in [0.717, 1.165) is 27.8 Å². The highest BCUT2D eigenvalue weighted by atomic mass is 16.5. The number of ether oxygens (including phenoxy) is 2. The third kappa shape index (κ3) is 7.73. The molecule has 0 saturated heterocycles. The van der Waals surface area contributed by atoms with Crippen LogP contribution in [-0.4, -0.2) is 48.4 Å². The molecule has 0 saturated carbocycles. The summed E-state index contributed by atoms with van der Waals surface area (Å²) in [6, 6.07) is 24.5. The zero-order chi connectivity index (χ0) is 29.4. The molecular weight excluding hydrogens is 520 g/mol. The topological polar surface area (TPSA) is 114 Å². The van der Waals surface area contributed by atoms with Crippen molar-refractivity contribution in [2.75, 3.05) is 13.2 Å². The van der Waals surface area contributed by atoms with E-state index in [1.807, 2.05) is 80.6 Å². The summed E-state index contributed by atoms with van der Waals surface area (Å²) in [5, 5.41) is 15.0. The summed E-state index contributed by atoms with van der Waals surface area (Å²) in [5.41, 5.74) is 5.32. The second-order valence-electron chi connectivity index (χ2n) is 10.9. The van der Waals surface area contributed by atoms with Crippen molar-refractivity contribution >= 4 is 18.0 Å². The number of amides is 2. The van der Waals surface area contributed by atoms with Crippen molar-refractivity contribution in [3.63, 3.8) is 0 Å². The van der Waals surface area contributed by atoms with Gasteiger partial charge >= 0.3 is 12.1 Å². The van der Waals surface area contributed by atoms with Crippen LogP contribution in [0.15, 0.2) is 78.9 Å². The Balaban J connectivity index is 1.43. The minimum atomic E-state index is -1.09. The number of carboxylic acid groups (broad SMARTS) is 1. The highest BCUT2D eigenvalue weighted by Gasteiger charge is 2.32. The minimum absolute atomic E-state index is 0.0549. The quantitative estimate of drug-likeness (QED) is 0.260. The van der Waals surface area contributed by atoms with Crippen molar-refractivity contribution in [2.45, 2.75) is 51.9 Å². The number of fused-ring (bicyclic) bond motifs is 3. The summed E-state index contributed by atoms with van der Waals surface area (Å²) in [7, 11) is 0. The third-order valence-corrected chi connectivity index (χ3v) is 7.35. The van der Waals surface area contributed by atoms with Crippen LogP contribution in [0.2, 0.25) is 0 Å². The van der Waals surface area contributed by atoms with E-state index in [4.69, 9.17) is 9.47 Å². The van der Waals surface area contributed by atoms with E-state index in [2.05, 4.69) is 22.8 Å². The third-order valence-electron chi connectivity index (χ3n) is 7.35. The molecule has 0 radical (unpaired) electrons. The zero-order valence-corrected chi connectivity index (χ0v) is 23.7. The molecule has 0 spiro atoms. The van der Waals surface area contributed by atoms with Crippen molar-refractivity contribution in [1.82, 2.24) is 10.6 Å². The number of rotatable bonds is 13. The monoisotopic (exact) mass is 558 g/mol. The Morgan fingerprint density at radius 3 is 2.02 bits per heavy atom. The Morgan fingerprint density at radius 1 is 0.854 bits per heavy atom. The summed E-state index contributed by atoms with van der Waals surface area (Å²) in [5.74, 6) is -2.23. The van der Waals surface area contributed by atoms with Gasteiger partial charge in [0.2, 0.25) is 5.91 Å². The summed E-state index contributed by atoms with van der Waals surface area (Å²) >= 11 is 0. The molecule has 1 unspecified atom stereocenters. The first-order valence-electron chi connectivity index (χ1n) is 14.0. The average Bonchev–Trinajstić information content (AvgIpc) is 3.29. The smallest absolute Gasteiger partial charge is 0.407 e. The van der Waals surface area contributed by atoms with Gasteiger partial charge in [-0.05, 0) is 47.1 Å². The van der Waals surface area contributed by atoms with Gasteiger partial charge in [0.1, 0.15) is 12.6 Å². The summed E-state index contributed by atoms with van der Waals surface area (Å²) < 4.78 is 11.6. The molecule has 1 aliphatic carbocycles. The standard InChI is InChI=1S/C33H38N2O6/c1-21(2)17-24(32(37)38)18-34-31(36)30(22(3)40-19-23-11-5-4-6-12-23)35-33(39)41-20-29-27-15-9-7-13-25(27)26-14-8-10-16-28(26)29/h4-16,21-22,24,29-30H,17-20H2,1-3H3,(H,34,36)(H,35,39)(H,37,38)/t22-,24?,30+/m0/s1. The van der Waals surface area contributed by atoms with E-state index in [9.17, 15) is 19.5 Å². The van der Waals surface area contributed by atoms with Gasteiger partial charge in [-0.3, -0.25) is 9.59 Å². The lowest BCUT2D eigenvalue weighted by atomic mass is 9.97. The number of carbonyl (C=O) groups is 3. The van der Waals surface area contributed by atoms with Crippen LogP contribution in [0.4, 0.5) is 4.79 Å². The molecule has 8 nitrogen and oxygen atoms in total. The number of alkyl carbamates (subject to hydrolysis) is 1. The van der Waals surface area contributed by atoms with Crippen LogP contribution >= 0.6 is 0 Å². The van der Waals surface area contributed by atoms with E-state index < -0.39 is 36.0 Å². The summed E-state index contributed by atoms with van der Waals surface area (Å²) in [6.45, 7) is 5.84. The fourth-order valence-corrected chi connectivity index (χ4v) is 5.24. The maximum absolute atomic E-state index is 13.3. The van der Waals surface area contributed by atoms with Gasteiger partial charge in [-0.1, -0.05) is 92.7 Å². The summed E-state index contributed by atoms with van der Waals surface area (Å²) in [6.07, 6.45) is -1.05. The lowest BCUT2D eigenvalue weighted by Gasteiger charge is -2.26. The van der Waals surface area contributed by atoms with Crippen LogP contribution in [0.5, 0.6) is 0 Å². The molecule has 0 aromatic heterocycles. The van der Waals surface area contributed by atoms with Crippen molar-refractivity contribution in [3.05, 3.63) is 95.6 Å². The number of hydrogen-bond acceptors (Lipinski definition) is 5. The molecule has 3 N–H and O–H groups in total. The van der Waals surface area contributed by atoms with E-state index in [0.29, 0.717) is 6.42 Å². The zero-order valence-electron chi connectivity index (χ0n) is 23.7. The second-order valence-corrected chi connectivity index (χ2v) is 10.9. The molecule has 1 aliphatic rings. The molecule has 4 rings (SSSR count). The summed E-state index contributed by atoms with van der Waals surface area (Å²) in [4.78, 5) is 38.0. The highest BCUT2D eigenvalue weighted by Crippen LogP contribution is 2.44. The number of benzene rings is 3. The normalized spacial score (nSPS) is 14.4. The van der Waals surface area contributed by atoms with Gasteiger partial charge in [-0.2, -0.15) is 0 Å². The average molecular weight is 559 g/mol. The van der Waals surface area contributed by atoms with Crippen LogP contribution in [-0.2, 0) is 25.7 Å². The van der Waals surface area contributed by atoms with Crippen LogP contribution in [0, 0.1) is 11.8 Å². The van der Waals surface area contributed by atoms with Gasteiger partial charge < -0.3 is 25.2 Å². The van der Waals surface area contributed by atoms with Gasteiger partial charge in [0.15, 0.2) is 0 Å². The number of carbonyl (C=O) groups excluding carboxylic acids is 2. The van der Waals surface area contributed by atoms with Gasteiger partial charge in [0, 0.05) is 12.5 Å². The molecule has 0 fully saturated rings. The molecule has 0 bridgehead atoms. The van der Waals surface area contributed by atoms with Crippen LogP contribution in [0.1, 0.15) is 49.8 Å². The van der Waals surface area contributed by atoms with E-state index in [1.54, 1.807) is 6.92 Å². The predicted octanol–water partition coefficient (Wildman–Crippen LogP) is 5.36. The van der Waals surface area contributed by atoms with Crippen molar-refractivity contribution in [1.29, 1.82) is 0 Å². The van der Waals surface area contributed by atoms with Gasteiger partial charge in [0.25, 0.3) is 0 Å². The molecule has 0 heterocycles. The first kappa shape index (κ1) is 29.8. The maximum Gasteiger partial charge on any atom is 0.407 e. The number of hydrogen-bond donors (Lipinski definition) is 3. The maximum atomic E-state index is 13.3. The van der Waals surface area contributed by atoms with E-state index >= 15 is 0 Å². The lowest BCUT2D eigenvalue weighted by Crippen LogP contribution is -2.54. The van der Waals surface area contributed by atoms with Crippen LogP contribution in [0.25, 0.3) is 11.1 Å². The number of aliphatic carboxylic acids is 1. The predicted molar refractivity (Wildman–Crippen MR) is 156 cm³/mol. The highest BCUT2D eigenvalue weighted by molar-refractivity contribution is 5.86. The van der Waals surface area contributed by atoms with E-state index in [-0.39, 0.29) is 31.6 Å². The fourth-order valence-electron chi connectivity index (χ4n) is 5.24. The molecule has 41 heavy (non-hydrogen) atoms. The molecule has 8 heteroatoms. The Hall–Kier alpha value is -4.17. The Bertz CT molecular complexity index is 1300. The SMILES string of the molecule is CC(C)CC(CNC(=O)[C@H](NC(=O)OCC1c2ccccc2-c2ccccc21)[C@H](C)OCc1ccccc1)C(=O)O. The van der Waals surface area contributed by atoms with Crippen LogP contribution < -0.4 is 10.6 Å². The van der Waals surface area contributed by atoms with Gasteiger partial charge in [0.05, 0.1) is 18.6 Å². The molecule has 0 aliphatic heterocycles. The first-order chi connectivity index (χ1) is 19.7. The van der Waals surface area contributed by atoms with Crippen molar-refractivity contribution in [2.24, 2.45) is 11.8 Å². The molecular formula is C33H38N2O6. The van der Waals surface area contributed by atoms with Crippen molar-refractivity contribution < 1.29 is 29.0 Å². The lowest BCUT2D eigenvalue weighted by molar-refractivity contribution is -0.142. The molecule has 3 aromatic carbocycles. The Kier molecular flexibility index (Phi) is 10.1. The second kappa shape index (κ2) is 13.9. The first-order valence-corrected chi connectivity index (χ1v) is 14.0. The van der Waals surface area contributed by atoms with Crippen molar-refractivity contribution in [3.8, 4) is 11.1 Å². The van der Waals surface area contributed by atoms with Gasteiger partial charge in [-0.15, -0.1) is 0 Å². The Morgan fingerprint density at radius 2 is 1.44 bits per heavy atom. The fraction of sp³-hybridized carbons (Fsp3) is 0.364. The van der Waals surface area contributed by atoms with Crippen LogP contribution in [0.3, 0.4) is 0 Å². The number of carboxylic acids is 1. The van der Waals surface area contributed by atoms with Gasteiger partial charge in [-0.25, -0.2) is 4.79 Å². The molecule has 3 aromatic rings. The minimum Gasteiger partial charge on any atom is -0.481 e. The molecule has 216 valence electrons. The molecule has 3 atom stereocenters. The largest absolute Gasteiger partial charge is 0.481 e. The van der Waals surface area contributed by atoms with E-state index in [1.165, 1.54) is 0 Å².